The summed E-state index contributed by atoms with van der Waals surface area (Å²) >= 11 is 11.7. The van der Waals surface area contributed by atoms with Crippen LogP contribution < -0.4 is 11.1 Å². The molecule has 4 nitrogen and oxygen atoms in total. The number of hydrogen-bond donors (Lipinski definition) is 3. The molecular weight excluding hydrogens is 299 g/mol. The molecule has 2 rings (SSSR count). The van der Waals surface area contributed by atoms with E-state index in [0.717, 1.165) is 0 Å². The van der Waals surface area contributed by atoms with E-state index < -0.39 is 5.91 Å². The molecule has 104 valence electrons. The van der Waals surface area contributed by atoms with Crippen molar-refractivity contribution in [2.24, 2.45) is 5.73 Å². The summed E-state index contributed by atoms with van der Waals surface area (Å²) in [7, 11) is 0. The number of nitrogens with two attached hydrogens (primary N) is 1. The van der Waals surface area contributed by atoms with Crippen LogP contribution >= 0.6 is 23.2 Å². The fourth-order valence-corrected chi connectivity index (χ4v) is 2.12. The summed E-state index contributed by atoms with van der Waals surface area (Å²) < 4.78 is 0. The second-order valence-electron chi connectivity index (χ2n) is 4.19. The first-order valence-corrected chi connectivity index (χ1v) is 6.53. The summed E-state index contributed by atoms with van der Waals surface area (Å²) in [5.41, 5.74) is 6.78. The largest absolute Gasteiger partial charge is 0.508 e. The van der Waals surface area contributed by atoms with Gasteiger partial charge < -0.3 is 16.2 Å². The second-order valence-corrected chi connectivity index (χ2v) is 5.03. The second kappa shape index (κ2) is 6.03. The molecule has 2 aromatic rings. The Hall–Kier alpha value is -1.91. The van der Waals surface area contributed by atoms with E-state index in [9.17, 15) is 9.90 Å². The monoisotopic (exact) mass is 310 g/mol. The van der Waals surface area contributed by atoms with Crippen LogP contribution in [0.4, 0.5) is 5.69 Å². The Bertz CT molecular complexity index is 660. The van der Waals surface area contributed by atoms with Crippen LogP contribution in [0.3, 0.4) is 0 Å². The third-order valence-electron chi connectivity index (χ3n) is 2.76. The highest BCUT2D eigenvalue weighted by atomic mass is 35.5. The zero-order valence-corrected chi connectivity index (χ0v) is 11.9. The number of aromatic hydroxyl groups is 1. The molecule has 0 aliphatic carbocycles. The highest BCUT2D eigenvalue weighted by molar-refractivity contribution is 6.33. The number of anilines is 1. The van der Waals surface area contributed by atoms with E-state index in [1.807, 2.05) is 0 Å². The molecule has 6 heteroatoms. The fraction of sp³-hybridized carbons (Fsp3) is 0.0714. The van der Waals surface area contributed by atoms with Crippen LogP contribution in [0, 0.1) is 0 Å². The van der Waals surface area contributed by atoms with Crippen LogP contribution in [0.25, 0.3) is 0 Å². The quantitative estimate of drug-likeness (QED) is 0.810. The Morgan fingerprint density at radius 2 is 1.95 bits per heavy atom. The van der Waals surface area contributed by atoms with Crippen molar-refractivity contribution >= 4 is 34.8 Å². The van der Waals surface area contributed by atoms with Gasteiger partial charge in [0.1, 0.15) is 5.75 Å². The minimum atomic E-state index is -0.593. The van der Waals surface area contributed by atoms with Crippen LogP contribution in [-0.2, 0) is 6.54 Å². The fourth-order valence-electron chi connectivity index (χ4n) is 1.72. The zero-order chi connectivity index (χ0) is 14.7. The van der Waals surface area contributed by atoms with E-state index in [2.05, 4.69) is 5.32 Å². The number of phenols is 1. The summed E-state index contributed by atoms with van der Waals surface area (Å²) in [6, 6.07) is 9.66. The van der Waals surface area contributed by atoms with Gasteiger partial charge in [-0.1, -0.05) is 23.2 Å². The molecule has 0 saturated carbocycles. The Kier molecular flexibility index (Phi) is 4.37. The molecule has 0 heterocycles. The molecule has 1 amide bonds. The highest BCUT2D eigenvalue weighted by Gasteiger charge is 2.08. The number of carbonyl (C=O) groups is 1. The molecule has 0 atom stereocenters. The summed E-state index contributed by atoms with van der Waals surface area (Å²) in [6.07, 6.45) is 0. The molecule has 0 aliphatic heterocycles. The summed E-state index contributed by atoms with van der Waals surface area (Å²) in [4.78, 5) is 11.2. The first-order chi connectivity index (χ1) is 9.47. The van der Waals surface area contributed by atoms with Gasteiger partial charge in [-0.25, -0.2) is 0 Å². The lowest BCUT2D eigenvalue weighted by Crippen LogP contribution is -2.12. The number of hydrogen-bond acceptors (Lipinski definition) is 3. The van der Waals surface area contributed by atoms with Gasteiger partial charge in [0.05, 0.1) is 10.6 Å². The van der Waals surface area contributed by atoms with Gasteiger partial charge in [-0.3, -0.25) is 4.79 Å². The number of nitrogens with one attached hydrogen (secondary N) is 1. The normalized spacial score (nSPS) is 10.3. The molecule has 0 unspecified atom stereocenters. The molecule has 4 N–H and O–H groups in total. The maximum atomic E-state index is 11.2. The predicted molar refractivity (Wildman–Crippen MR) is 80.4 cm³/mol. The number of carbonyl (C=O) groups excluding carboxylic acids is 1. The summed E-state index contributed by atoms with van der Waals surface area (Å²) in [6.45, 7) is 0.353. The standard InChI is InChI=1S/C14H12Cl2N2O2/c15-9-1-4-13(19)8(5-9)7-18-10-2-3-12(16)11(6-10)14(17)20/h1-6,18-19H,7H2,(H2,17,20). The molecule has 20 heavy (non-hydrogen) atoms. The zero-order valence-electron chi connectivity index (χ0n) is 10.4. The molecule has 0 fully saturated rings. The van der Waals surface area contributed by atoms with Gasteiger partial charge in [0.15, 0.2) is 0 Å². The van der Waals surface area contributed by atoms with Crippen molar-refractivity contribution in [2.75, 3.05) is 5.32 Å². The van der Waals surface area contributed by atoms with Crippen LogP contribution in [0.15, 0.2) is 36.4 Å². The molecule has 0 bridgehead atoms. The lowest BCUT2D eigenvalue weighted by atomic mass is 10.1. The molecule has 0 saturated heterocycles. The molecule has 2 aromatic carbocycles. The number of benzene rings is 2. The number of rotatable bonds is 4. The molecule has 0 aromatic heterocycles. The van der Waals surface area contributed by atoms with E-state index in [1.54, 1.807) is 30.3 Å². The maximum Gasteiger partial charge on any atom is 0.250 e. The van der Waals surface area contributed by atoms with Crippen LogP contribution in [-0.4, -0.2) is 11.0 Å². The lowest BCUT2D eigenvalue weighted by Gasteiger charge is -2.10. The topological polar surface area (TPSA) is 75.4 Å². The number of phenolic OH excluding ortho intramolecular Hbond substituents is 1. The highest BCUT2D eigenvalue weighted by Crippen LogP contribution is 2.24. The van der Waals surface area contributed by atoms with E-state index in [-0.39, 0.29) is 11.3 Å². The van der Waals surface area contributed by atoms with E-state index in [1.165, 1.54) is 6.07 Å². The lowest BCUT2D eigenvalue weighted by molar-refractivity contribution is 0.100. The van der Waals surface area contributed by atoms with Gasteiger partial charge in [-0.15, -0.1) is 0 Å². The Morgan fingerprint density at radius 3 is 2.65 bits per heavy atom. The van der Waals surface area contributed by atoms with Gasteiger partial charge in [0.25, 0.3) is 0 Å². The minimum Gasteiger partial charge on any atom is -0.508 e. The van der Waals surface area contributed by atoms with Crippen molar-refractivity contribution in [3.8, 4) is 5.75 Å². The van der Waals surface area contributed by atoms with E-state index >= 15 is 0 Å². The van der Waals surface area contributed by atoms with Crippen LogP contribution in [0.1, 0.15) is 15.9 Å². The molecular formula is C14H12Cl2N2O2. The summed E-state index contributed by atoms with van der Waals surface area (Å²) in [5.74, 6) is -0.449. The van der Waals surface area contributed by atoms with Crippen LogP contribution in [0.2, 0.25) is 10.0 Å². The average molecular weight is 311 g/mol. The Morgan fingerprint density at radius 1 is 1.20 bits per heavy atom. The molecule has 0 aliphatic rings. The van der Waals surface area contributed by atoms with Crippen molar-refractivity contribution in [1.82, 2.24) is 0 Å². The van der Waals surface area contributed by atoms with Gasteiger partial charge in [-0.2, -0.15) is 0 Å². The first kappa shape index (κ1) is 14.5. The Balaban J connectivity index is 2.17. The smallest absolute Gasteiger partial charge is 0.250 e. The van der Waals surface area contributed by atoms with Crippen molar-refractivity contribution in [3.05, 3.63) is 57.6 Å². The number of halogens is 2. The predicted octanol–water partition coefficient (Wildman–Crippen LogP) is 3.41. The SMILES string of the molecule is NC(=O)c1cc(NCc2cc(Cl)ccc2O)ccc1Cl. The van der Waals surface area contributed by atoms with Gasteiger partial charge >= 0.3 is 0 Å². The maximum absolute atomic E-state index is 11.2. The van der Waals surface area contributed by atoms with E-state index in [4.69, 9.17) is 28.9 Å². The number of primary amides is 1. The average Bonchev–Trinajstić information content (AvgIpc) is 2.41. The van der Waals surface area contributed by atoms with Crippen LogP contribution in [0.5, 0.6) is 5.75 Å². The first-order valence-electron chi connectivity index (χ1n) is 5.78. The summed E-state index contributed by atoms with van der Waals surface area (Å²) in [5, 5.41) is 13.6. The van der Waals surface area contributed by atoms with Gasteiger partial charge in [-0.05, 0) is 36.4 Å². The van der Waals surface area contributed by atoms with Gasteiger partial charge in [0.2, 0.25) is 5.91 Å². The third-order valence-corrected chi connectivity index (χ3v) is 3.32. The van der Waals surface area contributed by atoms with Gasteiger partial charge in [0, 0.05) is 22.8 Å². The van der Waals surface area contributed by atoms with Crippen molar-refractivity contribution < 1.29 is 9.90 Å². The Labute approximate surface area is 126 Å². The van der Waals surface area contributed by atoms with E-state index in [0.29, 0.717) is 27.8 Å². The minimum absolute atomic E-state index is 0.144. The van der Waals surface area contributed by atoms with Crippen molar-refractivity contribution in [1.29, 1.82) is 0 Å². The van der Waals surface area contributed by atoms with Crippen molar-refractivity contribution in [3.63, 3.8) is 0 Å². The number of amides is 1. The molecule has 0 spiro atoms. The van der Waals surface area contributed by atoms with Crippen molar-refractivity contribution in [2.45, 2.75) is 6.54 Å². The third kappa shape index (κ3) is 3.35. The molecule has 0 radical (unpaired) electrons.